The van der Waals surface area contributed by atoms with E-state index in [1.165, 1.54) is 15.9 Å². The largest absolute Gasteiger partial charge is 0.385 e. The van der Waals surface area contributed by atoms with Crippen LogP contribution in [0.3, 0.4) is 0 Å². The summed E-state index contributed by atoms with van der Waals surface area (Å²) in [6, 6.07) is 41.8. The van der Waals surface area contributed by atoms with Crippen LogP contribution in [0.25, 0.3) is 0 Å². The highest BCUT2D eigenvalue weighted by Crippen LogP contribution is 2.47. The van der Waals surface area contributed by atoms with E-state index in [0.717, 1.165) is 5.56 Å². The summed E-state index contributed by atoms with van der Waals surface area (Å²) in [7, 11) is -2.95. The second kappa shape index (κ2) is 10.8. The average Bonchev–Trinajstić information content (AvgIpc) is 3.48. The van der Waals surface area contributed by atoms with Gasteiger partial charge in [-0.15, -0.1) is 0 Å². The number of hydrogen-bond donors (Lipinski definition) is 0. The number of fused-ring (bicyclic) bond motifs is 1. The number of benzene rings is 4. The highest BCUT2D eigenvalue weighted by atomic mass is 28.4. The van der Waals surface area contributed by atoms with Gasteiger partial charge in [0.2, 0.25) is 5.91 Å². The zero-order chi connectivity index (χ0) is 27.7. The molecule has 2 aliphatic rings. The Hall–Kier alpha value is -3.51. The monoisotopic (exact) mass is 547 g/mol. The number of ether oxygens (including phenoxy) is 1. The molecule has 0 N–H and O–H groups in total. The minimum atomic E-state index is -2.95. The molecule has 1 amide bonds. The quantitative estimate of drug-likeness (QED) is 0.263. The standard InChI is InChI=1S/C35H37NO3Si/c1-35(2,3)40(29-20-12-6-13-21-29,30-22-14-7-15-23-30)39-34-32(27-18-10-5-11-19-27)38-31-25-28(33(37)36(31)34)24-26-16-8-4-9-17-26/h4-23,28,31-32,34H,24-25H2,1-3H3/t28-,31-,32+,34+/m1/s1. The van der Waals surface area contributed by atoms with Crippen molar-refractivity contribution in [3.63, 3.8) is 0 Å². The van der Waals surface area contributed by atoms with Crippen LogP contribution in [0, 0.1) is 5.92 Å². The SMILES string of the molecule is CC(C)(C)[Si](O[C@H]1[C@H](c2ccccc2)O[C@@H]2C[C@@H](Cc3ccccc3)C(=O)N21)(c1ccccc1)c1ccccc1. The van der Waals surface area contributed by atoms with Gasteiger partial charge in [-0.1, -0.05) is 142 Å². The summed E-state index contributed by atoms with van der Waals surface area (Å²) in [6.45, 7) is 6.82. The van der Waals surface area contributed by atoms with Crippen molar-refractivity contribution >= 4 is 24.6 Å². The van der Waals surface area contributed by atoms with Crippen LogP contribution in [0.1, 0.15) is 44.4 Å². The second-order valence-corrected chi connectivity index (χ2v) is 16.2. The van der Waals surface area contributed by atoms with Crippen LogP contribution in [-0.2, 0) is 20.4 Å². The highest BCUT2D eigenvalue weighted by molar-refractivity contribution is 6.99. The molecule has 4 atom stereocenters. The molecule has 40 heavy (non-hydrogen) atoms. The number of carbonyl (C=O) groups excluding carboxylic acids is 1. The number of amides is 1. The van der Waals surface area contributed by atoms with Crippen molar-refractivity contribution in [1.82, 2.24) is 4.90 Å². The molecule has 4 nitrogen and oxygen atoms in total. The molecule has 4 aromatic rings. The first-order valence-electron chi connectivity index (χ1n) is 14.2. The lowest BCUT2D eigenvalue weighted by Gasteiger charge is -2.46. The van der Waals surface area contributed by atoms with Gasteiger partial charge in [0.05, 0.1) is 0 Å². The molecule has 2 heterocycles. The summed E-state index contributed by atoms with van der Waals surface area (Å²) >= 11 is 0. The van der Waals surface area contributed by atoms with Gasteiger partial charge in [0.15, 0.2) is 6.23 Å². The summed E-state index contributed by atoms with van der Waals surface area (Å²) < 4.78 is 14.4. The van der Waals surface area contributed by atoms with Crippen molar-refractivity contribution in [2.45, 2.75) is 57.2 Å². The molecule has 0 aliphatic carbocycles. The highest BCUT2D eigenvalue weighted by Gasteiger charge is 2.59. The molecule has 5 heteroatoms. The van der Waals surface area contributed by atoms with E-state index >= 15 is 0 Å². The summed E-state index contributed by atoms with van der Waals surface area (Å²) in [6.07, 6.45) is 0.159. The van der Waals surface area contributed by atoms with E-state index in [1.807, 2.05) is 41.3 Å². The van der Waals surface area contributed by atoms with Gasteiger partial charge in [-0.2, -0.15) is 0 Å². The minimum Gasteiger partial charge on any atom is -0.385 e. The second-order valence-electron chi connectivity index (χ2n) is 12.0. The summed E-state index contributed by atoms with van der Waals surface area (Å²) in [4.78, 5) is 16.1. The number of rotatable bonds is 7. The van der Waals surface area contributed by atoms with E-state index in [4.69, 9.17) is 9.16 Å². The number of nitrogens with zero attached hydrogens (tertiary/aromatic N) is 1. The van der Waals surface area contributed by atoms with Gasteiger partial charge in [-0.05, 0) is 33.0 Å². The number of hydrogen-bond acceptors (Lipinski definition) is 3. The fraction of sp³-hybridized carbons (Fsp3) is 0.286. The van der Waals surface area contributed by atoms with Crippen molar-refractivity contribution in [3.8, 4) is 0 Å². The lowest BCUT2D eigenvalue weighted by molar-refractivity contribution is -0.138. The first-order valence-corrected chi connectivity index (χ1v) is 16.1. The molecule has 0 aromatic heterocycles. The molecule has 2 aliphatic heterocycles. The van der Waals surface area contributed by atoms with Gasteiger partial charge >= 0.3 is 0 Å². The molecule has 0 radical (unpaired) electrons. The lowest BCUT2D eigenvalue weighted by Crippen LogP contribution is -2.69. The fourth-order valence-corrected chi connectivity index (χ4v) is 11.2. The fourth-order valence-electron chi connectivity index (χ4n) is 6.55. The van der Waals surface area contributed by atoms with Gasteiger partial charge < -0.3 is 9.16 Å². The number of carbonyl (C=O) groups is 1. The Labute approximate surface area is 238 Å². The molecule has 2 fully saturated rings. The Morgan fingerprint density at radius 1 is 0.775 bits per heavy atom. The third kappa shape index (κ3) is 4.72. The average molecular weight is 548 g/mol. The third-order valence-corrected chi connectivity index (χ3v) is 13.4. The molecule has 6 rings (SSSR count). The first-order chi connectivity index (χ1) is 19.4. The molecule has 0 unspecified atom stereocenters. The summed E-state index contributed by atoms with van der Waals surface area (Å²) in [5.74, 6) is -0.00964. The van der Waals surface area contributed by atoms with E-state index in [2.05, 4.69) is 106 Å². The van der Waals surface area contributed by atoms with E-state index in [-0.39, 0.29) is 29.2 Å². The van der Waals surface area contributed by atoms with Crippen molar-refractivity contribution in [2.75, 3.05) is 0 Å². The maximum atomic E-state index is 14.2. The Bertz CT molecular complexity index is 1380. The van der Waals surface area contributed by atoms with Crippen LogP contribution in [0.15, 0.2) is 121 Å². The lowest BCUT2D eigenvalue weighted by atomic mass is 9.97. The van der Waals surface area contributed by atoms with Crippen LogP contribution in [0.4, 0.5) is 0 Å². The Morgan fingerprint density at radius 3 is 1.80 bits per heavy atom. The molecular formula is C35H37NO3Si. The van der Waals surface area contributed by atoms with Crippen molar-refractivity contribution in [1.29, 1.82) is 0 Å². The normalized spacial score (nSPS) is 22.9. The van der Waals surface area contributed by atoms with Crippen molar-refractivity contribution in [3.05, 3.63) is 132 Å². The predicted octanol–water partition coefficient (Wildman–Crippen LogP) is 6.08. The summed E-state index contributed by atoms with van der Waals surface area (Å²) in [5, 5.41) is 2.16. The first kappa shape index (κ1) is 26.7. The molecule has 0 spiro atoms. The predicted molar refractivity (Wildman–Crippen MR) is 162 cm³/mol. The van der Waals surface area contributed by atoms with Crippen LogP contribution in [0.2, 0.25) is 5.04 Å². The van der Waals surface area contributed by atoms with Crippen LogP contribution >= 0.6 is 0 Å². The van der Waals surface area contributed by atoms with Gasteiger partial charge in [-0.25, -0.2) is 0 Å². The van der Waals surface area contributed by atoms with Crippen LogP contribution < -0.4 is 10.4 Å². The van der Waals surface area contributed by atoms with E-state index < -0.39 is 14.5 Å². The summed E-state index contributed by atoms with van der Waals surface area (Å²) in [5.41, 5.74) is 2.21. The van der Waals surface area contributed by atoms with E-state index in [1.54, 1.807) is 0 Å². The zero-order valence-electron chi connectivity index (χ0n) is 23.4. The molecule has 0 saturated carbocycles. The van der Waals surface area contributed by atoms with E-state index in [9.17, 15) is 4.79 Å². The molecule has 2 saturated heterocycles. The van der Waals surface area contributed by atoms with Gasteiger partial charge in [-0.3, -0.25) is 9.69 Å². The smallest absolute Gasteiger partial charge is 0.263 e. The molecular weight excluding hydrogens is 510 g/mol. The maximum Gasteiger partial charge on any atom is 0.263 e. The Balaban J connectivity index is 1.45. The molecule has 0 bridgehead atoms. The maximum absolute atomic E-state index is 14.2. The molecule has 204 valence electrons. The van der Waals surface area contributed by atoms with E-state index in [0.29, 0.717) is 12.8 Å². The van der Waals surface area contributed by atoms with Gasteiger partial charge in [0.1, 0.15) is 12.3 Å². The van der Waals surface area contributed by atoms with Gasteiger partial charge in [0.25, 0.3) is 8.32 Å². The topological polar surface area (TPSA) is 38.8 Å². The van der Waals surface area contributed by atoms with Crippen molar-refractivity contribution < 1.29 is 14.0 Å². The Kier molecular flexibility index (Phi) is 7.21. The Morgan fingerprint density at radius 2 is 1.27 bits per heavy atom. The van der Waals surface area contributed by atoms with Crippen molar-refractivity contribution in [2.24, 2.45) is 5.92 Å². The van der Waals surface area contributed by atoms with Crippen LogP contribution in [0.5, 0.6) is 0 Å². The van der Waals surface area contributed by atoms with Crippen LogP contribution in [-0.4, -0.2) is 31.6 Å². The zero-order valence-corrected chi connectivity index (χ0v) is 24.4. The molecule has 4 aromatic carbocycles. The minimum absolute atomic E-state index is 0.121. The van der Waals surface area contributed by atoms with Gasteiger partial charge in [0, 0.05) is 12.3 Å². The third-order valence-electron chi connectivity index (χ3n) is 8.40.